The lowest BCUT2D eigenvalue weighted by atomic mass is 10.1. The van der Waals surface area contributed by atoms with E-state index in [1.165, 1.54) is 34.1 Å². The molecule has 2 aliphatic heterocycles. The van der Waals surface area contributed by atoms with Crippen molar-refractivity contribution < 1.29 is 18.0 Å². The number of hydrogen-bond donors (Lipinski definition) is 0. The lowest BCUT2D eigenvalue weighted by Crippen LogP contribution is -2.55. The molecule has 0 aliphatic carbocycles. The van der Waals surface area contributed by atoms with Crippen LogP contribution in [0.25, 0.3) is 0 Å². The van der Waals surface area contributed by atoms with Crippen LogP contribution in [-0.2, 0) is 14.8 Å². The van der Waals surface area contributed by atoms with Crippen LogP contribution in [0.3, 0.4) is 0 Å². The molecule has 0 unspecified atom stereocenters. The quantitative estimate of drug-likeness (QED) is 0.723. The van der Waals surface area contributed by atoms with Gasteiger partial charge >= 0.3 is 0 Å². The van der Waals surface area contributed by atoms with Gasteiger partial charge < -0.3 is 9.80 Å². The molecule has 2 saturated heterocycles. The Bertz CT molecular complexity index is 971. The zero-order valence-electron chi connectivity index (χ0n) is 15.8. The minimum atomic E-state index is -3.61. The van der Waals surface area contributed by atoms with Crippen LogP contribution < -0.4 is 0 Å². The summed E-state index contributed by atoms with van der Waals surface area (Å²) in [5, 5.41) is 1.85. The van der Waals surface area contributed by atoms with E-state index in [9.17, 15) is 18.0 Å². The average Bonchev–Trinajstić information content (AvgIpc) is 3.46. The summed E-state index contributed by atoms with van der Waals surface area (Å²) in [6.07, 6.45) is 4.30. The summed E-state index contributed by atoms with van der Waals surface area (Å²) < 4.78 is 26.8. The molecule has 154 valence electrons. The van der Waals surface area contributed by atoms with Gasteiger partial charge in [-0.3, -0.25) is 14.6 Å². The Morgan fingerprint density at radius 1 is 1.07 bits per heavy atom. The molecular formula is C19H22N4O4S2. The number of rotatable bonds is 4. The van der Waals surface area contributed by atoms with Crippen LogP contribution in [0.15, 0.2) is 46.9 Å². The van der Waals surface area contributed by atoms with Crippen molar-refractivity contribution in [3.05, 3.63) is 46.9 Å². The molecule has 29 heavy (non-hydrogen) atoms. The smallest absolute Gasteiger partial charge is 0.264 e. The first kappa shape index (κ1) is 20.0. The SMILES string of the molecule is O=C([C@@H]1CCCN1C(=O)c1cccs1)N1CCN(S(=O)(=O)c2cccnc2)CC1. The Hall–Kier alpha value is -2.30. The molecule has 2 aromatic rings. The largest absolute Gasteiger partial charge is 0.338 e. The molecule has 0 saturated carbocycles. The lowest BCUT2D eigenvalue weighted by Gasteiger charge is -2.36. The molecule has 0 bridgehead atoms. The highest BCUT2D eigenvalue weighted by atomic mass is 32.2. The van der Waals surface area contributed by atoms with E-state index in [0.29, 0.717) is 30.9 Å². The first-order valence-electron chi connectivity index (χ1n) is 9.52. The van der Waals surface area contributed by atoms with Crippen molar-refractivity contribution in [2.75, 3.05) is 32.7 Å². The Labute approximate surface area is 173 Å². The maximum Gasteiger partial charge on any atom is 0.264 e. The summed E-state index contributed by atoms with van der Waals surface area (Å²) in [6, 6.07) is 6.24. The number of nitrogens with zero attached hydrogens (tertiary/aromatic N) is 4. The predicted octanol–water partition coefficient (Wildman–Crippen LogP) is 1.28. The molecule has 2 aliphatic rings. The number of pyridine rings is 1. The van der Waals surface area contributed by atoms with Gasteiger partial charge in [0.05, 0.1) is 4.88 Å². The van der Waals surface area contributed by atoms with E-state index in [4.69, 9.17) is 0 Å². The Morgan fingerprint density at radius 3 is 2.52 bits per heavy atom. The van der Waals surface area contributed by atoms with Gasteiger partial charge in [-0.1, -0.05) is 6.07 Å². The maximum absolute atomic E-state index is 13.1. The number of carbonyl (C=O) groups excluding carboxylic acids is 2. The number of carbonyl (C=O) groups is 2. The molecule has 2 amide bonds. The van der Waals surface area contributed by atoms with E-state index in [1.54, 1.807) is 21.9 Å². The summed E-state index contributed by atoms with van der Waals surface area (Å²) in [4.78, 5) is 33.8. The molecule has 0 spiro atoms. The van der Waals surface area contributed by atoms with Gasteiger partial charge in [-0.25, -0.2) is 8.42 Å². The van der Waals surface area contributed by atoms with Gasteiger partial charge in [0.2, 0.25) is 15.9 Å². The van der Waals surface area contributed by atoms with Crippen LogP contribution in [0.5, 0.6) is 0 Å². The van der Waals surface area contributed by atoms with Crippen LogP contribution in [0.2, 0.25) is 0 Å². The van der Waals surface area contributed by atoms with E-state index in [-0.39, 0.29) is 29.8 Å². The summed E-state index contributed by atoms with van der Waals surface area (Å²) in [7, 11) is -3.61. The van der Waals surface area contributed by atoms with E-state index in [1.807, 2.05) is 11.4 Å². The Balaban J connectivity index is 1.41. The fraction of sp³-hybridized carbons (Fsp3) is 0.421. The van der Waals surface area contributed by atoms with Gasteiger partial charge in [0.1, 0.15) is 10.9 Å². The normalized spacial score (nSPS) is 20.8. The third kappa shape index (κ3) is 3.92. The highest BCUT2D eigenvalue weighted by Crippen LogP contribution is 2.25. The number of piperazine rings is 1. The lowest BCUT2D eigenvalue weighted by molar-refractivity contribution is -0.136. The van der Waals surface area contributed by atoms with Crippen molar-refractivity contribution in [1.29, 1.82) is 0 Å². The van der Waals surface area contributed by atoms with E-state index in [0.717, 1.165) is 6.42 Å². The highest BCUT2D eigenvalue weighted by Gasteiger charge is 2.39. The third-order valence-corrected chi connectivity index (χ3v) is 8.09. The van der Waals surface area contributed by atoms with Gasteiger partial charge in [-0.05, 0) is 36.4 Å². The standard InChI is InChI=1S/C19H22N4O4S2/c24-18(16-5-2-8-23(16)19(25)17-6-3-13-28-17)21-9-11-22(12-10-21)29(26,27)15-4-1-7-20-14-15/h1,3-4,6-7,13-14,16H,2,5,8-12H2/t16-/m0/s1. The molecule has 2 fully saturated rings. The average molecular weight is 435 g/mol. The van der Waals surface area contributed by atoms with Crippen molar-refractivity contribution >= 4 is 33.2 Å². The van der Waals surface area contributed by atoms with Gasteiger partial charge in [-0.2, -0.15) is 4.31 Å². The van der Waals surface area contributed by atoms with E-state index >= 15 is 0 Å². The first-order valence-corrected chi connectivity index (χ1v) is 11.8. The Kier molecular flexibility index (Phi) is 5.66. The van der Waals surface area contributed by atoms with Crippen molar-refractivity contribution in [2.45, 2.75) is 23.8 Å². The second kappa shape index (κ2) is 8.21. The van der Waals surface area contributed by atoms with Crippen molar-refractivity contribution in [1.82, 2.24) is 19.1 Å². The van der Waals surface area contributed by atoms with Gasteiger partial charge in [0, 0.05) is 45.1 Å². The molecule has 8 nitrogen and oxygen atoms in total. The first-order chi connectivity index (χ1) is 14.0. The Morgan fingerprint density at radius 2 is 1.86 bits per heavy atom. The minimum absolute atomic E-state index is 0.0918. The molecule has 10 heteroatoms. The molecule has 0 aromatic carbocycles. The number of amides is 2. The summed E-state index contributed by atoms with van der Waals surface area (Å²) in [5.41, 5.74) is 0. The van der Waals surface area contributed by atoms with Crippen molar-refractivity contribution in [3.63, 3.8) is 0 Å². The van der Waals surface area contributed by atoms with Gasteiger partial charge in [0.25, 0.3) is 5.91 Å². The monoisotopic (exact) mass is 434 g/mol. The third-order valence-electron chi connectivity index (χ3n) is 5.35. The number of thiophene rings is 1. The molecule has 4 rings (SSSR count). The maximum atomic E-state index is 13.1. The summed E-state index contributed by atoms with van der Waals surface area (Å²) >= 11 is 1.37. The van der Waals surface area contributed by atoms with Crippen LogP contribution >= 0.6 is 11.3 Å². The van der Waals surface area contributed by atoms with Gasteiger partial charge in [0.15, 0.2) is 0 Å². The predicted molar refractivity (Wildman–Crippen MR) is 108 cm³/mol. The van der Waals surface area contributed by atoms with E-state index < -0.39 is 16.1 Å². The molecule has 2 aromatic heterocycles. The zero-order valence-corrected chi connectivity index (χ0v) is 17.4. The number of aromatic nitrogens is 1. The van der Waals surface area contributed by atoms with Gasteiger partial charge in [-0.15, -0.1) is 11.3 Å². The molecule has 1 atom stereocenters. The fourth-order valence-electron chi connectivity index (χ4n) is 3.82. The molecule has 0 N–H and O–H groups in total. The van der Waals surface area contributed by atoms with Crippen molar-refractivity contribution in [3.8, 4) is 0 Å². The van der Waals surface area contributed by atoms with E-state index in [2.05, 4.69) is 4.98 Å². The summed E-state index contributed by atoms with van der Waals surface area (Å²) in [5.74, 6) is -0.195. The second-order valence-corrected chi connectivity index (χ2v) is 9.94. The zero-order chi connectivity index (χ0) is 20.4. The topological polar surface area (TPSA) is 90.9 Å². The number of likely N-dealkylation sites (tertiary alicyclic amines) is 1. The molecular weight excluding hydrogens is 412 g/mol. The van der Waals surface area contributed by atoms with Crippen LogP contribution in [0, 0.1) is 0 Å². The van der Waals surface area contributed by atoms with Crippen molar-refractivity contribution in [2.24, 2.45) is 0 Å². The molecule has 4 heterocycles. The number of hydrogen-bond acceptors (Lipinski definition) is 6. The van der Waals surface area contributed by atoms with Crippen LogP contribution in [0.1, 0.15) is 22.5 Å². The minimum Gasteiger partial charge on any atom is -0.338 e. The van der Waals surface area contributed by atoms with Crippen LogP contribution in [0.4, 0.5) is 0 Å². The second-order valence-electron chi connectivity index (χ2n) is 7.05. The highest BCUT2D eigenvalue weighted by molar-refractivity contribution is 7.89. The fourth-order valence-corrected chi connectivity index (χ4v) is 5.88. The summed E-state index contributed by atoms with van der Waals surface area (Å²) in [6.45, 7) is 1.66. The van der Waals surface area contributed by atoms with Crippen LogP contribution in [-0.4, -0.2) is 78.1 Å². The number of sulfonamides is 1. The molecule has 0 radical (unpaired) electrons.